The average molecular weight is 274 g/mol. The summed E-state index contributed by atoms with van der Waals surface area (Å²) >= 11 is 0. The topological polar surface area (TPSA) is 43.4 Å². The summed E-state index contributed by atoms with van der Waals surface area (Å²) in [5.41, 5.74) is -1.87. The Balaban J connectivity index is 3.38. The molecule has 0 unspecified atom stereocenters. The Morgan fingerprint density at radius 3 is 2.37 bits per heavy atom. The number of benzene rings is 1. The standard InChI is InChI=1S/C13H13F3O3/c1-3-19-12(18)10-6-4-5-9(7-8(2)17)11(10)13(14,15)16/h4-6H,3,7H2,1-2H3. The van der Waals surface area contributed by atoms with Crippen LogP contribution in [0.5, 0.6) is 0 Å². The van der Waals surface area contributed by atoms with E-state index < -0.39 is 29.1 Å². The molecule has 0 bridgehead atoms. The molecule has 3 nitrogen and oxygen atoms in total. The largest absolute Gasteiger partial charge is 0.462 e. The lowest BCUT2D eigenvalue weighted by Crippen LogP contribution is -2.18. The van der Waals surface area contributed by atoms with Gasteiger partial charge in [-0.15, -0.1) is 0 Å². The zero-order valence-electron chi connectivity index (χ0n) is 10.5. The zero-order chi connectivity index (χ0) is 14.6. The van der Waals surface area contributed by atoms with Crippen LogP contribution in [0.3, 0.4) is 0 Å². The maximum absolute atomic E-state index is 13.0. The van der Waals surface area contributed by atoms with Gasteiger partial charge in [-0.1, -0.05) is 12.1 Å². The number of Topliss-reactive ketones (excluding diaryl/α,β-unsaturated/α-hetero) is 1. The number of hydrogen-bond acceptors (Lipinski definition) is 3. The number of esters is 1. The fraction of sp³-hybridized carbons (Fsp3) is 0.385. The van der Waals surface area contributed by atoms with Gasteiger partial charge < -0.3 is 4.74 Å². The van der Waals surface area contributed by atoms with Crippen molar-refractivity contribution in [1.82, 2.24) is 0 Å². The molecule has 0 saturated carbocycles. The molecule has 104 valence electrons. The van der Waals surface area contributed by atoms with Gasteiger partial charge in [-0.25, -0.2) is 4.79 Å². The number of ketones is 1. The quantitative estimate of drug-likeness (QED) is 0.793. The maximum Gasteiger partial charge on any atom is 0.417 e. The number of halogens is 3. The second kappa shape index (κ2) is 5.86. The Morgan fingerprint density at radius 1 is 1.26 bits per heavy atom. The molecule has 0 radical (unpaired) electrons. The van der Waals surface area contributed by atoms with E-state index in [-0.39, 0.29) is 18.6 Å². The summed E-state index contributed by atoms with van der Waals surface area (Å²) in [7, 11) is 0. The second-order valence-corrected chi connectivity index (χ2v) is 3.94. The van der Waals surface area contributed by atoms with Crippen molar-refractivity contribution in [3.8, 4) is 0 Å². The Kier molecular flexibility index (Phi) is 4.69. The van der Waals surface area contributed by atoms with Crippen LogP contribution in [0.25, 0.3) is 0 Å². The van der Waals surface area contributed by atoms with Gasteiger partial charge in [-0.3, -0.25) is 4.79 Å². The monoisotopic (exact) mass is 274 g/mol. The number of alkyl halides is 3. The minimum Gasteiger partial charge on any atom is -0.462 e. The van der Waals surface area contributed by atoms with Gasteiger partial charge in [0.25, 0.3) is 0 Å². The zero-order valence-corrected chi connectivity index (χ0v) is 10.5. The van der Waals surface area contributed by atoms with Gasteiger partial charge in [-0.2, -0.15) is 13.2 Å². The number of rotatable bonds is 4. The van der Waals surface area contributed by atoms with Crippen LogP contribution in [0.1, 0.15) is 35.3 Å². The lowest BCUT2D eigenvalue weighted by Gasteiger charge is -2.16. The Bertz CT molecular complexity index is 492. The third-order valence-electron chi connectivity index (χ3n) is 2.37. The highest BCUT2D eigenvalue weighted by atomic mass is 19.4. The van der Waals surface area contributed by atoms with Crippen LogP contribution in [0.15, 0.2) is 18.2 Å². The smallest absolute Gasteiger partial charge is 0.417 e. The summed E-state index contributed by atoms with van der Waals surface area (Å²) in [5, 5.41) is 0. The van der Waals surface area contributed by atoms with E-state index in [0.717, 1.165) is 6.07 Å². The number of carbonyl (C=O) groups excluding carboxylic acids is 2. The highest BCUT2D eigenvalue weighted by Crippen LogP contribution is 2.35. The molecule has 0 aromatic heterocycles. The van der Waals surface area contributed by atoms with Crippen LogP contribution in [0.2, 0.25) is 0 Å². The minimum absolute atomic E-state index is 0.0208. The van der Waals surface area contributed by atoms with Crippen molar-refractivity contribution in [3.63, 3.8) is 0 Å². The molecule has 0 atom stereocenters. The summed E-state index contributed by atoms with van der Waals surface area (Å²) in [6.45, 7) is 2.68. The van der Waals surface area contributed by atoms with Crippen LogP contribution >= 0.6 is 0 Å². The fourth-order valence-corrected chi connectivity index (χ4v) is 1.73. The second-order valence-electron chi connectivity index (χ2n) is 3.94. The third kappa shape index (κ3) is 3.81. The van der Waals surface area contributed by atoms with E-state index in [0.29, 0.717) is 0 Å². The van der Waals surface area contributed by atoms with Crippen molar-refractivity contribution < 1.29 is 27.5 Å². The van der Waals surface area contributed by atoms with Gasteiger partial charge >= 0.3 is 12.1 Å². The molecule has 1 aromatic rings. The van der Waals surface area contributed by atoms with Gasteiger partial charge in [0.1, 0.15) is 5.78 Å². The van der Waals surface area contributed by atoms with E-state index in [1.165, 1.54) is 26.0 Å². The molecular formula is C13H13F3O3. The summed E-state index contributed by atoms with van der Waals surface area (Å²) < 4.78 is 43.7. The van der Waals surface area contributed by atoms with E-state index in [9.17, 15) is 22.8 Å². The molecule has 0 amide bonds. The fourth-order valence-electron chi connectivity index (χ4n) is 1.73. The molecule has 0 spiro atoms. The summed E-state index contributed by atoms with van der Waals surface area (Å²) in [6, 6.07) is 3.54. The third-order valence-corrected chi connectivity index (χ3v) is 2.37. The molecule has 19 heavy (non-hydrogen) atoms. The van der Waals surface area contributed by atoms with Crippen LogP contribution in [-0.4, -0.2) is 18.4 Å². The molecule has 0 aliphatic carbocycles. The first kappa shape index (κ1) is 15.2. The van der Waals surface area contributed by atoms with E-state index in [4.69, 9.17) is 0 Å². The van der Waals surface area contributed by atoms with Crippen molar-refractivity contribution >= 4 is 11.8 Å². The molecule has 0 aliphatic heterocycles. The molecule has 1 rings (SSSR count). The van der Waals surface area contributed by atoms with E-state index in [1.54, 1.807) is 0 Å². The Hall–Kier alpha value is -1.85. The molecule has 0 saturated heterocycles. The first-order valence-electron chi connectivity index (χ1n) is 5.63. The molecule has 0 fully saturated rings. The van der Waals surface area contributed by atoms with Crippen molar-refractivity contribution in [1.29, 1.82) is 0 Å². The highest BCUT2D eigenvalue weighted by Gasteiger charge is 2.38. The van der Waals surface area contributed by atoms with Crippen LogP contribution in [-0.2, 0) is 22.1 Å². The molecule has 0 aliphatic rings. The SMILES string of the molecule is CCOC(=O)c1cccc(CC(C)=O)c1C(F)(F)F. The molecule has 1 aromatic carbocycles. The first-order valence-corrected chi connectivity index (χ1v) is 5.63. The molecule has 0 heterocycles. The average Bonchev–Trinajstić information content (AvgIpc) is 2.26. The molecule has 0 N–H and O–H groups in total. The predicted octanol–water partition coefficient (Wildman–Crippen LogP) is 3.01. The van der Waals surface area contributed by atoms with Crippen molar-refractivity contribution in [3.05, 3.63) is 34.9 Å². The number of ether oxygens (including phenoxy) is 1. The molecule has 6 heteroatoms. The van der Waals surface area contributed by atoms with Crippen LogP contribution in [0, 0.1) is 0 Å². The van der Waals surface area contributed by atoms with Crippen LogP contribution < -0.4 is 0 Å². The van der Waals surface area contributed by atoms with E-state index in [1.807, 2.05) is 0 Å². The number of hydrogen-bond donors (Lipinski definition) is 0. The lowest BCUT2D eigenvalue weighted by molar-refractivity contribution is -0.138. The van der Waals surface area contributed by atoms with Crippen molar-refractivity contribution in [2.45, 2.75) is 26.4 Å². The van der Waals surface area contributed by atoms with Gasteiger partial charge in [0.15, 0.2) is 0 Å². The van der Waals surface area contributed by atoms with Crippen molar-refractivity contribution in [2.24, 2.45) is 0 Å². The summed E-state index contributed by atoms with van der Waals surface area (Å²) in [4.78, 5) is 22.6. The lowest BCUT2D eigenvalue weighted by atomic mass is 9.97. The minimum atomic E-state index is -4.71. The van der Waals surface area contributed by atoms with Gasteiger partial charge in [0, 0.05) is 6.42 Å². The first-order chi connectivity index (χ1) is 8.77. The van der Waals surface area contributed by atoms with E-state index in [2.05, 4.69) is 4.74 Å². The van der Waals surface area contributed by atoms with Gasteiger partial charge in [-0.05, 0) is 25.5 Å². The highest BCUT2D eigenvalue weighted by molar-refractivity contribution is 5.92. The summed E-state index contributed by atoms with van der Waals surface area (Å²) in [5.74, 6) is -1.45. The predicted molar refractivity (Wildman–Crippen MR) is 61.8 cm³/mol. The molecular weight excluding hydrogens is 261 g/mol. The van der Waals surface area contributed by atoms with Crippen molar-refractivity contribution in [2.75, 3.05) is 6.61 Å². The normalized spacial score (nSPS) is 11.2. The van der Waals surface area contributed by atoms with E-state index >= 15 is 0 Å². The number of carbonyl (C=O) groups is 2. The maximum atomic E-state index is 13.0. The Morgan fingerprint density at radius 2 is 1.89 bits per heavy atom. The summed E-state index contributed by atoms with van der Waals surface area (Å²) in [6.07, 6.45) is -5.09. The Labute approximate surface area is 108 Å². The van der Waals surface area contributed by atoms with Crippen LogP contribution in [0.4, 0.5) is 13.2 Å². The van der Waals surface area contributed by atoms with Gasteiger partial charge in [0.05, 0.1) is 17.7 Å². The van der Waals surface area contributed by atoms with Gasteiger partial charge in [0.2, 0.25) is 0 Å².